The normalized spacial score (nSPS) is 13.7. The van der Waals surface area contributed by atoms with E-state index in [1.807, 2.05) is 12.3 Å². The van der Waals surface area contributed by atoms with E-state index in [2.05, 4.69) is 30.6 Å². The molecule has 1 heterocycles. The van der Waals surface area contributed by atoms with Gasteiger partial charge in [0.25, 0.3) is 0 Å². The van der Waals surface area contributed by atoms with Crippen LogP contribution in [0.15, 0.2) is 16.8 Å². The molecule has 0 aliphatic carbocycles. The molecule has 5 heteroatoms. The average molecular weight is 305 g/mol. The molecular formula is C14H25ClN2OS. The minimum absolute atomic E-state index is 0. The first kappa shape index (κ1) is 18.4. The van der Waals surface area contributed by atoms with Crippen LogP contribution in [0.25, 0.3) is 0 Å². The summed E-state index contributed by atoms with van der Waals surface area (Å²) >= 11 is 1.67. The van der Waals surface area contributed by atoms with Crippen molar-refractivity contribution in [2.75, 3.05) is 6.54 Å². The van der Waals surface area contributed by atoms with E-state index in [1.165, 1.54) is 5.56 Å². The number of amides is 1. The number of thiophene rings is 1. The summed E-state index contributed by atoms with van der Waals surface area (Å²) in [5.41, 5.74) is 6.73. The minimum atomic E-state index is -0.278. The molecule has 1 rings (SSSR count). The van der Waals surface area contributed by atoms with E-state index in [0.29, 0.717) is 18.9 Å². The quantitative estimate of drug-likeness (QED) is 0.813. The highest BCUT2D eigenvalue weighted by Gasteiger charge is 2.25. The van der Waals surface area contributed by atoms with E-state index in [9.17, 15) is 4.79 Å². The topological polar surface area (TPSA) is 55.1 Å². The van der Waals surface area contributed by atoms with E-state index in [4.69, 9.17) is 5.73 Å². The molecule has 0 radical (unpaired) electrons. The Bertz CT molecular complexity index is 368. The summed E-state index contributed by atoms with van der Waals surface area (Å²) in [5.74, 6) is 0.616. The lowest BCUT2D eigenvalue weighted by atomic mass is 9.90. The van der Waals surface area contributed by atoms with Gasteiger partial charge in [0.15, 0.2) is 0 Å². The Morgan fingerprint density at radius 1 is 1.53 bits per heavy atom. The van der Waals surface area contributed by atoms with Gasteiger partial charge >= 0.3 is 0 Å². The lowest BCUT2D eigenvalue weighted by Gasteiger charge is -2.31. The van der Waals surface area contributed by atoms with Gasteiger partial charge in [0.05, 0.1) is 0 Å². The molecule has 1 atom stereocenters. The molecule has 0 spiro atoms. The van der Waals surface area contributed by atoms with Crippen molar-refractivity contribution in [2.24, 2.45) is 11.7 Å². The lowest BCUT2D eigenvalue weighted by Crippen LogP contribution is -2.52. The number of carbonyl (C=O) groups is 1. The number of rotatable bonds is 7. The molecule has 0 aromatic carbocycles. The summed E-state index contributed by atoms with van der Waals surface area (Å²) in [4.78, 5) is 11.9. The third-order valence-corrected chi connectivity index (χ3v) is 3.70. The van der Waals surface area contributed by atoms with E-state index < -0.39 is 0 Å². The van der Waals surface area contributed by atoms with E-state index >= 15 is 0 Å². The molecule has 0 fully saturated rings. The first-order valence-corrected chi connectivity index (χ1v) is 7.41. The molecule has 0 saturated carbocycles. The maximum Gasteiger partial charge on any atom is 0.220 e. The van der Waals surface area contributed by atoms with Crippen LogP contribution in [-0.4, -0.2) is 18.0 Å². The molecule has 1 aromatic rings. The van der Waals surface area contributed by atoms with Crippen molar-refractivity contribution in [3.63, 3.8) is 0 Å². The van der Waals surface area contributed by atoms with Crippen LogP contribution in [0.1, 0.15) is 39.2 Å². The molecule has 3 nitrogen and oxygen atoms in total. The number of hydrogen-bond acceptors (Lipinski definition) is 3. The molecule has 3 N–H and O–H groups in total. The maximum atomic E-state index is 11.9. The van der Waals surface area contributed by atoms with Crippen molar-refractivity contribution >= 4 is 29.7 Å². The average Bonchev–Trinajstić information content (AvgIpc) is 2.78. The zero-order valence-corrected chi connectivity index (χ0v) is 13.6. The minimum Gasteiger partial charge on any atom is -0.350 e. The van der Waals surface area contributed by atoms with Crippen LogP contribution in [0, 0.1) is 5.92 Å². The number of carbonyl (C=O) groups excluding carboxylic acids is 1. The highest BCUT2D eigenvalue weighted by atomic mass is 35.5. The number of nitrogens with two attached hydrogens (primary N) is 1. The zero-order chi connectivity index (χ0) is 13.6. The fraction of sp³-hybridized carbons (Fsp3) is 0.643. The molecule has 0 saturated heterocycles. The number of halogens is 1. The third kappa shape index (κ3) is 6.95. The van der Waals surface area contributed by atoms with Gasteiger partial charge in [-0.25, -0.2) is 0 Å². The van der Waals surface area contributed by atoms with Crippen LogP contribution in [-0.2, 0) is 11.2 Å². The Morgan fingerprint density at radius 3 is 2.68 bits per heavy atom. The van der Waals surface area contributed by atoms with Gasteiger partial charge in [-0.15, -0.1) is 12.4 Å². The van der Waals surface area contributed by atoms with Gasteiger partial charge in [-0.1, -0.05) is 13.8 Å². The van der Waals surface area contributed by atoms with Crippen molar-refractivity contribution in [2.45, 2.75) is 45.6 Å². The Kier molecular flexibility index (Phi) is 8.30. The largest absolute Gasteiger partial charge is 0.350 e. The fourth-order valence-corrected chi connectivity index (χ4v) is 2.88. The van der Waals surface area contributed by atoms with Gasteiger partial charge in [-0.2, -0.15) is 11.3 Å². The second-order valence-electron chi connectivity index (χ2n) is 5.54. The molecular weight excluding hydrogens is 280 g/mol. The van der Waals surface area contributed by atoms with Crippen LogP contribution in [0.3, 0.4) is 0 Å². The summed E-state index contributed by atoms with van der Waals surface area (Å²) in [7, 11) is 0. The predicted octanol–water partition coefficient (Wildman–Crippen LogP) is 2.98. The Morgan fingerprint density at radius 2 is 2.21 bits per heavy atom. The monoisotopic (exact) mass is 304 g/mol. The molecule has 1 amide bonds. The fourth-order valence-electron chi connectivity index (χ4n) is 2.18. The van der Waals surface area contributed by atoms with Crippen molar-refractivity contribution in [3.05, 3.63) is 22.4 Å². The van der Waals surface area contributed by atoms with Gasteiger partial charge in [-0.3, -0.25) is 4.79 Å². The second kappa shape index (κ2) is 8.56. The first-order valence-electron chi connectivity index (χ1n) is 6.47. The summed E-state index contributed by atoms with van der Waals surface area (Å²) in [6.07, 6.45) is 2.25. The Hall–Kier alpha value is -0.580. The zero-order valence-electron chi connectivity index (χ0n) is 11.9. The number of nitrogens with one attached hydrogen (secondary N) is 1. The molecule has 1 aromatic heterocycles. The molecule has 0 aliphatic heterocycles. The van der Waals surface area contributed by atoms with E-state index in [1.54, 1.807) is 11.3 Å². The van der Waals surface area contributed by atoms with Crippen molar-refractivity contribution in [3.8, 4) is 0 Å². The van der Waals surface area contributed by atoms with Gasteiger partial charge in [0, 0.05) is 18.5 Å². The van der Waals surface area contributed by atoms with Gasteiger partial charge in [0.1, 0.15) is 0 Å². The van der Waals surface area contributed by atoms with Crippen LogP contribution < -0.4 is 11.1 Å². The van der Waals surface area contributed by atoms with Gasteiger partial charge < -0.3 is 11.1 Å². The number of aryl methyl sites for hydroxylation is 1. The molecule has 110 valence electrons. The Labute approximate surface area is 126 Å². The lowest BCUT2D eigenvalue weighted by molar-refractivity contribution is -0.122. The van der Waals surface area contributed by atoms with Crippen LogP contribution in [0.4, 0.5) is 0 Å². The smallest absolute Gasteiger partial charge is 0.220 e. The standard InChI is InChI=1S/C14H24N2OS.ClH/c1-11(2)8-14(3,10-15)16-13(17)5-4-12-6-7-18-9-12;/h6-7,9,11H,4-5,8,10,15H2,1-3H3,(H,16,17);1H. The van der Waals surface area contributed by atoms with Gasteiger partial charge in [-0.05, 0) is 48.1 Å². The van der Waals surface area contributed by atoms with Crippen molar-refractivity contribution < 1.29 is 4.79 Å². The SMILES string of the molecule is CC(C)CC(C)(CN)NC(=O)CCc1ccsc1.Cl. The summed E-state index contributed by atoms with van der Waals surface area (Å²) in [5, 5.41) is 7.20. The van der Waals surface area contributed by atoms with Crippen LogP contribution in [0.2, 0.25) is 0 Å². The second-order valence-corrected chi connectivity index (χ2v) is 6.32. The summed E-state index contributed by atoms with van der Waals surface area (Å²) in [6.45, 7) is 6.79. The van der Waals surface area contributed by atoms with Crippen LogP contribution in [0.5, 0.6) is 0 Å². The first-order chi connectivity index (χ1) is 8.45. The van der Waals surface area contributed by atoms with Crippen molar-refractivity contribution in [1.82, 2.24) is 5.32 Å². The van der Waals surface area contributed by atoms with Crippen molar-refractivity contribution in [1.29, 1.82) is 0 Å². The maximum absolute atomic E-state index is 11.9. The summed E-state index contributed by atoms with van der Waals surface area (Å²) in [6, 6.07) is 2.06. The molecule has 0 bridgehead atoms. The van der Waals surface area contributed by atoms with E-state index in [-0.39, 0.29) is 23.9 Å². The Balaban J connectivity index is 0.00000324. The molecule has 1 unspecified atom stereocenters. The summed E-state index contributed by atoms with van der Waals surface area (Å²) < 4.78 is 0. The third-order valence-electron chi connectivity index (χ3n) is 2.97. The highest BCUT2D eigenvalue weighted by molar-refractivity contribution is 7.07. The van der Waals surface area contributed by atoms with Gasteiger partial charge in [0.2, 0.25) is 5.91 Å². The van der Waals surface area contributed by atoms with Crippen LogP contribution >= 0.6 is 23.7 Å². The van der Waals surface area contributed by atoms with E-state index in [0.717, 1.165) is 12.8 Å². The molecule has 19 heavy (non-hydrogen) atoms. The highest BCUT2D eigenvalue weighted by Crippen LogP contribution is 2.16. The molecule has 0 aliphatic rings. The number of hydrogen-bond donors (Lipinski definition) is 2. The predicted molar refractivity (Wildman–Crippen MR) is 84.9 cm³/mol.